The lowest BCUT2D eigenvalue weighted by Gasteiger charge is -2.40. The molecule has 138 valence electrons. The van der Waals surface area contributed by atoms with E-state index in [4.69, 9.17) is 9.47 Å². The van der Waals surface area contributed by atoms with Crippen LogP contribution in [0.25, 0.3) is 0 Å². The Morgan fingerprint density at radius 2 is 1.77 bits per heavy atom. The predicted molar refractivity (Wildman–Crippen MR) is 89.9 cm³/mol. The Labute approximate surface area is 148 Å². The topological polar surface area (TPSA) is 50.8 Å². The van der Waals surface area contributed by atoms with Crippen LogP contribution >= 0.6 is 0 Å². The van der Waals surface area contributed by atoms with Gasteiger partial charge in [0.15, 0.2) is 12.5 Å². The number of nitrogens with zero attached hydrogens (tertiary/aromatic N) is 1. The molecule has 0 fully saturated rings. The average molecular weight is 366 g/mol. The van der Waals surface area contributed by atoms with Gasteiger partial charge in [0.2, 0.25) is 0 Å². The van der Waals surface area contributed by atoms with Gasteiger partial charge in [0.05, 0.1) is 11.1 Å². The van der Waals surface area contributed by atoms with Crippen molar-refractivity contribution in [3.8, 4) is 0 Å². The summed E-state index contributed by atoms with van der Waals surface area (Å²) in [4.78, 5) is 14.2. The van der Waals surface area contributed by atoms with Crippen molar-refractivity contribution in [2.75, 3.05) is 24.4 Å². The molecule has 5 nitrogen and oxygen atoms in total. The Hall–Kier alpha value is -2.58. The van der Waals surface area contributed by atoms with Crippen molar-refractivity contribution in [3.63, 3.8) is 0 Å². The molecule has 0 saturated heterocycles. The molecule has 3 rings (SSSR count). The molecule has 0 aliphatic carbocycles. The molecule has 1 heterocycles. The maximum atomic E-state index is 13.1. The number of carbonyl (C=O) groups is 1. The van der Waals surface area contributed by atoms with Crippen molar-refractivity contribution in [3.05, 3.63) is 59.7 Å². The van der Waals surface area contributed by atoms with E-state index in [2.05, 4.69) is 5.32 Å². The van der Waals surface area contributed by atoms with Crippen molar-refractivity contribution in [2.24, 2.45) is 0 Å². The number of anilines is 2. The first-order valence-electron chi connectivity index (χ1n) is 7.79. The summed E-state index contributed by atoms with van der Waals surface area (Å²) in [6, 6.07) is 11.4. The number of ether oxygens (including phenoxy) is 2. The normalized spacial score (nSPS) is 17.2. The van der Waals surface area contributed by atoms with Crippen molar-refractivity contribution < 1.29 is 27.4 Å². The van der Waals surface area contributed by atoms with Gasteiger partial charge >= 0.3 is 6.18 Å². The van der Waals surface area contributed by atoms with Crippen LogP contribution in [0.1, 0.15) is 15.9 Å². The van der Waals surface area contributed by atoms with E-state index in [1.165, 1.54) is 31.3 Å². The van der Waals surface area contributed by atoms with Crippen LogP contribution in [-0.4, -0.2) is 32.6 Å². The number of hydrogen-bond donors (Lipinski definition) is 1. The first-order valence-corrected chi connectivity index (χ1v) is 7.79. The molecule has 0 aromatic heterocycles. The highest BCUT2D eigenvalue weighted by Crippen LogP contribution is 2.35. The molecule has 0 saturated carbocycles. The number of methoxy groups -OCH3 is 2. The van der Waals surface area contributed by atoms with E-state index in [1.807, 2.05) is 0 Å². The third-order valence-corrected chi connectivity index (χ3v) is 4.13. The fourth-order valence-electron chi connectivity index (χ4n) is 2.93. The third-order valence-electron chi connectivity index (χ3n) is 4.13. The smallest absolute Gasteiger partial charge is 0.360 e. The zero-order valence-corrected chi connectivity index (χ0v) is 14.1. The minimum absolute atomic E-state index is 0.0935. The summed E-state index contributed by atoms with van der Waals surface area (Å²) in [5.41, 5.74) is 0.166. The molecule has 1 N–H and O–H groups in total. The van der Waals surface area contributed by atoms with Gasteiger partial charge in [-0.15, -0.1) is 0 Å². The van der Waals surface area contributed by atoms with Gasteiger partial charge in [0.25, 0.3) is 5.91 Å². The number of hydrogen-bond acceptors (Lipinski definition) is 4. The Morgan fingerprint density at radius 3 is 2.42 bits per heavy atom. The van der Waals surface area contributed by atoms with Crippen LogP contribution in [0.4, 0.5) is 24.5 Å². The van der Waals surface area contributed by atoms with E-state index in [9.17, 15) is 18.0 Å². The maximum Gasteiger partial charge on any atom is 0.416 e. The lowest BCUT2D eigenvalue weighted by atomic mass is 10.1. The second-order valence-electron chi connectivity index (χ2n) is 5.70. The largest absolute Gasteiger partial charge is 0.416 e. The van der Waals surface area contributed by atoms with Crippen LogP contribution in [0.5, 0.6) is 0 Å². The SMILES string of the molecule is COC(OC)C1Nc2ccccc2C(=O)N1c1cccc(C(F)(F)F)c1. The highest BCUT2D eigenvalue weighted by atomic mass is 19.4. The van der Waals surface area contributed by atoms with Crippen LogP contribution in [0, 0.1) is 0 Å². The van der Waals surface area contributed by atoms with Crippen LogP contribution < -0.4 is 10.2 Å². The highest BCUT2D eigenvalue weighted by Gasteiger charge is 2.39. The molecule has 2 aromatic rings. The predicted octanol–water partition coefficient (Wildman–Crippen LogP) is 3.72. The standard InChI is InChI=1S/C18H17F3N2O3/c1-25-17(26-2)15-22-14-9-4-3-8-13(14)16(24)23(15)12-7-5-6-11(10-12)18(19,20)21/h3-10,15,17,22H,1-2H3. The summed E-state index contributed by atoms with van der Waals surface area (Å²) in [5, 5.41) is 3.11. The fourth-order valence-corrected chi connectivity index (χ4v) is 2.93. The molecule has 0 radical (unpaired) electrons. The molecule has 1 unspecified atom stereocenters. The minimum atomic E-state index is -4.52. The lowest BCUT2D eigenvalue weighted by molar-refractivity contribution is -0.137. The van der Waals surface area contributed by atoms with Gasteiger partial charge in [0, 0.05) is 25.6 Å². The van der Waals surface area contributed by atoms with E-state index in [-0.39, 0.29) is 5.69 Å². The van der Waals surface area contributed by atoms with Crippen molar-refractivity contribution in [2.45, 2.75) is 18.6 Å². The van der Waals surface area contributed by atoms with Crippen LogP contribution in [0.2, 0.25) is 0 Å². The quantitative estimate of drug-likeness (QED) is 0.838. The monoisotopic (exact) mass is 366 g/mol. The van der Waals surface area contributed by atoms with Crippen LogP contribution in [0.3, 0.4) is 0 Å². The Bertz CT molecular complexity index is 806. The number of fused-ring (bicyclic) bond motifs is 1. The fraction of sp³-hybridized carbons (Fsp3) is 0.278. The molecule has 1 amide bonds. The number of para-hydroxylation sites is 1. The Balaban J connectivity index is 2.11. The van der Waals surface area contributed by atoms with Crippen molar-refractivity contribution in [1.29, 1.82) is 0 Å². The second kappa shape index (κ2) is 6.97. The molecule has 1 atom stereocenters. The number of carbonyl (C=O) groups excluding carboxylic acids is 1. The summed E-state index contributed by atoms with van der Waals surface area (Å²) in [7, 11) is 2.79. The van der Waals surface area contributed by atoms with E-state index >= 15 is 0 Å². The molecule has 0 spiro atoms. The average Bonchev–Trinajstić information content (AvgIpc) is 2.62. The summed E-state index contributed by atoms with van der Waals surface area (Å²) in [5.74, 6) is -0.442. The van der Waals surface area contributed by atoms with Crippen LogP contribution in [0.15, 0.2) is 48.5 Å². The van der Waals surface area contributed by atoms with Gasteiger partial charge < -0.3 is 14.8 Å². The van der Waals surface area contributed by atoms with Crippen molar-refractivity contribution >= 4 is 17.3 Å². The zero-order valence-electron chi connectivity index (χ0n) is 14.1. The Kier molecular flexibility index (Phi) is 4.88. The maximum absolute atomic E-state index is 13.1. The highest BCUT2D eigenvalue weighted by molar-refractivity contribution is 6.12. The molecule has 1 aliphatic rings. The minimum Gasteiger partial charge on any atom is -0.360 e. The van der Waals surface area contributed by atoms with Gasteiger partial charge in [-0.2, -0.15) is 13.2 Å². The molecule has 2 aromatic carbocycles. The van der Waals surface area contributed by atoms with Gasteiger partial charge in [-0.25, -0.2) is 0 Å². The van der Waals surface area contributed by atoms with Gasteiger partial charge in [-0.3, -0.25) is 9.69 Å². The first-order chi connectivity index (χ1) is 12.4. The third kappa shape index (κ3) is 3.25. The first kappa shape index (κ1) is 18.2. The second-order valence-corrected chi connectivity index (χ2v) is 5.70. The molecule has 8 heteroatoms. The molecule has 1 aliphatic heterocycles. The molecule has 0 bridgehead atoms. The number of rotatable bonds is 4. The van der Waals surface area contributed by atoms with E-state index in [1.54, 1.807) is 24.3 Å². The number of alkyl halides is 3. The van der Waals surface area contributed by atoms with Gasteiger partial charge in [-0.05, 0) is 30.3 Å². The molecular weight excluding hydrogens is 349 g/mol. The summed E-state index contributed by atoms with van der Waals surface area (Å²) >= 11 is 0. The summed E-state index contributed by atoms with van der Waals surface area (Å²) < 4.78 is 49.8. The van der Waals surface area contributed by atoms with Crippen molar-refractivity contribution in [1.82, 2.24) is 0 Å². The van der Waals surface area contributed by atoms with Gasteiger partial charge in [-0.1, -0.05) is 18.2 Å². The van der Waals surface area contributed by atoms with Gasteiger partial charge in [0.1, 0.15) is 0 Å². The van der Waals surface area contributed by atoms with E-state index < -0.39 is 30.1 Å². The lowest BCUT2D eigenvalue weighted by Crippen LogP contribution is -2.56. The number of nitrogens with one attached hydrogen (secondary N) is 1. The number of benzene rings is 2. The molecule has 26 heavy (non-hydrogen) atoms. The van der Waals surface area contributed by atoms with Crippen LogP contribution in [-0.2, 0) is 15.7 Å². The Morgan fingerprint density at radius 1 is 1.08 bits per heavy atom. The summed E-state index contributed by atoms with van der Waals surface area (Å²) in [6.07, 6.45) is -6.24. The van der Waals surface area contributed by atoms with E-state index in [0.717, 1.165) is 12.1 Å². The zero-order chi connectivity index (χ0) is 18.9. The molecular formula is C18H17F3N2O3. The number of amides is 1. The summed E-state index contributed by atoms with van der Waals surface area (Å²) in [6.45, 7) is 0. The van der Waals surface area contributed by atoms with E-state index in [0.29, 0.717) is 11.3 Å². The number of halogens is 3.